The standard InChI is InChI=1S/C25H40N2O6/c1-7-12-27(23(3,4)5)21(30)19-25-15-16(2)24(6,33-25)18(22(31)32)17(25)20(29)26(19)13-10-8-9-11-14-28/h7,16-19,28H,1,8-15H2,2-6H3,(H,31,32)/t16?,17-,18-,19?,24+,25?/m0/s1. The molecule has 3 aliphatic heterocycles. The molecule has 33 heavy (non-hydrogen) atoms. The third-order valence-electron chi connectivity index (χ3n) is 8.01. The Morgan fingerprint density at radius 1 is 1.27 bits per heavy atom. The highest BCUT2D eigenvalue weighted by Crippen LogP contribution is 2.65. The first-order valence-electron chi connectivity index (χ1n) is 12.1. The highest BCUT2D eigenvalue weighted by Gasteiger charge is 2.80. The van der Waals surface area contributed by atoms with Crippen LogP contribution in [0.1, 0.15) is 66.7 Å². The Morgan fingerprint density at radius 3 is 2.45 bits per heavy atom. The molecular weight excluding hydrogens is 424 g/mol. The number of ether oxygens (including phenoxy) is 1. The molecule has 0 saturated carbocycles. The summed E-state index contributed by atoms with van der Waals surface area (Å²) in [6, 6.07) is -0.861. The normalized spacial score (nSPS) is 35.1. The molecule has 186 valence electrons. The van der Waals surface area contributed by atoms with Gasteiger partial charge in [0, 0.05) is 25.2 Å². The van der Waals surface area contributed by atoms with Crippen LogP contribution in [0, 0.1) is 17.8 Å². The maximum absolute atomic E-state index is 14.1. The molecule has 0 aromatic carbocycles. The predicted molar refractivity (Wildman–Crippen MR) is 123 cm³/mol. The Labute approximate surface area is 196 Å². The third kappa shape index (κ3) is 3.99. The number of unbranched alkanes of at least 4 members (excludes halogenated alkanes) is 3. The molecule has 3 aliphatic rings. The first-order valence-corrected chi connectivity index (χ1v) is 12.1. The van der Waals surface area contributed by atoms with Crippen molar-refractivity contribution >= 4 is 17.8 Å². The van der Waals surface area contributed by atoms with E-state index in [1.165, 1.54) is 0 Å². The molecule has 8 heteroatoms. The quantitative estimate of drug-likeness (QED) is 0.380. The van der Waals surface area contributed by atoms with Crippen molar-refractivity contribution in [1.29, 1.82) is 0 Å². The molecule has 2 amide bonds. The molecule has 0 aromatic heterocycles. The second-order valence-electron chi connectivity index (χ2n) is 11.1. The summed E-state index contributed by atoms with van der Waals surface area (Å²) in [5.74, 6) is -3.48. The van der Waals surface area contributed by atoms with Gasteiger partial charge in [0.2, 0.25) is 11.8 Å². The van der Waals surface area contributed by atoms with Crippen molar-refractivity contribution in [2.45, 2.75) is 89.5 Å². The summed E-state index contributed by atoms with van der Waals surface area (Å²) in [6.07, 6.45) is 5.17. The monoisotopic (exact) mass is 464 g/mol. The SMILES string of the molecule is C=CCN(C(=O)C1N(CCCCCCO)C(=O)[C@@H]2[C@@H](C(=O)O)[C@]3(C)OC12CC3C)C(C)(C)C. The van der Waals surface area contributed by atoms with Crippen LogP contribution in [0.25, 0.3) is 0 Å². The molecule has 3 heterocycles. The number of carboxylic acid groups (broad SMARTS) is 1. The van der Waals surface area contributed by atoms with Gasteiger partial charge in [0.1, 0.15) is 17.6 Å². The van der Waals surface area contributed by atoms with E-state index in [0.29, 0.717) is 32.4 Å². The van der Waals surface area contributed by atoms with Gasteiger partial charge in [-0.25, -0.2) is 0 Å². The lowest BCUT2D eigenvalue weighted by Gasteiger charge is -2.42. The minimum Gasteiger partial charge on any atom is -0.481 e. The summed E-state index contributed by atoms with van der Waals surface area (Å²) in [6.45, 7) is 14.2. The van der Waals surface area contributed by atoms with E-state index in [2.05, 4.69) is 6.58 Å². The number of carbonyl (C=O) groups excluding carboxylic acids is 2. The minimum absolute atomic E-state index is 0.0926. The third-order valence-corrected chi connectivity index (χ3v) is 8.01. The number of hydrogen-bond acceptors (Lipinski definition) is 5. The van der Waals surface area contributed by atoms with Crippen LogP contribution in [0.2, 0.25) is 0 Å². The maximum atomic E-state index is 14.1. The number of fused-ring (bicyclic) bond motifs is 1. The summed E-state index contributed by atoms with van der Waals surface area (Å²) < 4.78 is 6.53. The largest absolute Gasteiger partial charge is 0.481 e. The molecule has 0 aromatic rings. The van der Waals surface area contributed by atoms with Gasteiger partial charge >= 0.3 is 5.97 Å². The number of amides is 2. The average Bonchev–Trinajstić information content (AvgIpc) is 3.22. The first kappa shape index (κ1) is 25.7. The lowest BCUT2D eigenvalue weighted by Crippen LogP contribution is -2.60. The van der Waals surface area contributed by atoms with E-state index in [4.69, 9.17) is 9.84 Å². The molecule has 3 saturated heterocycles. The van der Waals surface area contributed by atoms with Crippen molar-refractivity contribution in [2.24, 2.45) is 17.8 Å². The van der Waals surface area contributed by atoms with Crippen molar-refractivity contribution in [3.8, 4) is 0 Å². The number of nitrogens with zero attached hydrogens (tertiary/aromatic N) is 2. The topological polar surface area (TPSA) is 107 Å². The van der Waals surface area contributed by atoms with Gasteiger partial charge in [0.15, 0.2) is 0 Å². The number of aliphatic hydroxyl groups is 1. The lowest BCUT2D eigenvalue weighted by atomic mass is 9.62. The van der Waals surface area contributed by atoms with E-state index in [1.54, 1.807) is 22.8 Å². The van der Waals surface area contributed by atoms with Crippen molar-refractivity contribution in [3.63, 3.8) is 0 Å². The van der Waals surface area contributed by atoms with Crippen LogP contribution < -0.4 is 0 Å². The van der Waals surface area contributed by atoms with Gasteiger partial charge in [-0.1, -0.05) is 25.8 Å². The second-order valence-corrected chi connectivity index (χ2v) is 11.1. The van der Waals surface area contributed by atoms with Crippen LogP contribution in [-0.2, 0) is 19.1 Å². The lowest BCUT2D eigenvalue weighted by molar-refractivity contribution is -0.159. The number of likely N-dealkylation sites (tertiary alicyclic amines) is 1. The first-order chi connectivity index (χ1) is 15.4. The highest BCUT2D eigenvalue weighted by molar-refractivity contribution is 5.98. The summed E-state index contributed by atoms with van der Waals surface area (Å²) in [4.78, 5) is 43.5. The number of aliphatic carboxylic acids is 1. The molecule has 3 unspecified atom stereocenters. The molecule has 8 nitrogen and oxygen atoms in total. The van der Waals surface area contributed by atoms with Crippen LogP contribution in [0.5, 0.6) is 0 Å². The molecule has 0 aliphatic carbocycles. The number of hydrogen-bond donors (Lipinski definition) is 2. The molecule has 6 atom stereocenters. The van der Waals surface area contributed by atoms with Gasteiger partial charge in [-0.2, -0.15) is 0 Å². The minimum atomic E-state index is -1.14. The number of carboxylic acids is 1. The van der Waals surface area contributed by atoms with Crippen LogP contribution in [0.15, 0.2) is 12.7 Å². The molecule has 3 fully saturated rings. The van der Waals surface area contributed by atoms with Gasteiger partial charge in [-0.05, 0) is 52.9 Å². The van der Waals surface area contributed by atoms with E-state index in [-0.39, 0.29) is 24.3 Å². The van der Waals surface area contributed by atoms with E-state index >= 15 is 0 Å². The van der Waals surface area contributed by atoms with E-state index in [9.17, 15) is 19.5 Å². The number of aliphatic hydroxyl groups excluding tert-OH is 1. The predicted octanol–water partition coefficient (Wildman–Crippen LogP) is 2.45. The van der Waals surface area contributed by atoms with Gasteiger partial charge in [0.25, 0.3) is 0 Å². The zero-order valence-electron chi connectivity index (χ0n) is 20.7. The van der Waals surface area contributed by atoms with Gasteiger partial charge in [0.05, 0.1) is 11.5 Å². The Bertz CT molecular complexity index is 807. The fraction of sp³-hybridized carbons (Fsp3) is 0.800. The van der Waals surface area contributed by atoms with Crippen molar-refractivity contribution in [2.75, 3.05) is 19.7 Å². The Balaban J connectivity index is 2.03. The smallest absolute Gasteiger partial charge is 0.310 e. The van der Waals surface area contributed by atoms with Crippen molar-refractivity contribution in [3.05, 3.63) is 12.7 Å². The number of carbonyl (C=O) groups is 3. The molecule has 2 bridgehead atoms. The summed E-state index contributed by atoms with van der Waals surface area (Å²) >= 11 is 0. The Kier molecular flexibility index (Phi) is 7.02. The van der Waals surface area contributed by atoms with Crippen molar-refractivity contribution in [1.82, 2.24) is 9.80 Å². The summed E-state index contributed by atoms with van der Waals surface area (Å²) in [5.41, 5.74) is -2.63. The fourth-order valence-corrected chi connectivity index (χ4v) is 6.35. The van der Waals surface area contributed by atoms with E-state index in [0.717, 1.165) is 12.8 Å². The van der Waals surface area contributed by atoms with Crippen LogP contribution in [0.3, 0.4) is 0 Å². The molecule has 2 N–H and O–H groups in total. The zero-order valence-corrected chi connectivity index (χ0v) is 20.7. The summed E-state index contributed by atoms with van der Waals surface area (Å²) in [7, 11) is 0. The highest BCUT2D eigenvalue weighted by atomic mass is 16.5. The molecule has 1 spiro atoms. The number of rotatable bonds is 10. The van der Waals surface area contributed by atoms with Crippen LogP contribution in [-0.4, -0.2) is 80.3 Å². The zero-order chi connectivity index (χ0) is 24.8. The van der Waals surface area contributed by atoms with E-state index in [1.807, 2.05) is 27.7 Å². The average molecular weight is 465 g/mol. The van der Waals surface area contributed by atoms with Gasteiger partial charge in [-0.15, -0.1) is 6.58 Å². The maximum Gasteiger partial charge on any atom is 0.310 e. The van der Waals surface area contributed by atoms with E-state index < -0.39 is 40.6 Å². The van der Waals surface area contributed by atoms with Crippen molar-refractivity contribution < 1.29 is 29.3 Å². The molecule has 0 radical (unpaired) electrons. The van der Waals surface area contributed by atoms with Gasteiger partial charge in [-0.3, -0.25) is 14.4 Å². The fourth-order valence-electron chi connectivity index (χ4n) is 6.35. The summed E-state index contributed by atoms with van der Waals surface area (Å²) in [5, 5.41) is 19.1. The van der Waals surface area contributed by atoms with Gasteiger partial charge < -0.3 is 24.7 Å². The molecule has 3 rings (SSSR count). The Morgan fingerprint density at radius 2 is 1.91 bits per heavy atom. The second kappa shape index (κ2) is 9.02. The molecular formula is C25H40N2O6. The van der Waals surface area contributed by atoms with Crippen LogP contribution in [0.4, 0.5) is 0 Å². The Hall–Kier alpha value is -1.93. The van der Waals surface area contributed by atoms with Crippen LogP contribution >= 0.6 is 0 Å².